The van der Waals surface area contributed by atoms with Crippen LogP contribution in [-0.4, -0.2) is 34.5 Å². The van der Waals surface area contributed by atoms with E-state index in [1.54, 1.807) is 24.3 Å². The molecule has 8 nitrogen and oxygen atoms in total. The first-order valence-electron chi connectivity index (χ1n) is 10.3. The van der Waals surface area contributed by atoms with E-state index in [0.717, 1.165) is 18.5 Å². The van der Waals surface area contributed by atoms with Gasteiger partial charge < -0.3 is 10.2 Å². The number of para-hydroxylation sites is 1. The third-order valence-electron chi connectivity index (χ3n) is 5.34. The van der Waals surface area contributed by atoms with Gasteiger partial charge in [-0.05, 0) is 37.5 Å². The maximum absolute atomic E-state index is 13.4. The first-order valence-corrected chi connectivity index (χ1v) is 10.6. The van der Waals surface area contributed by atoms with Crippen molar-refractivity contribution in [3.8, 4) is 0 Å². The number of fused-ring (bicyclic) bond motifs is 1. The Hall–Kier alpha value is -3.13. The number of amides is 1. The average molecular weight is 442 g/mol. The molecule has 2 aromatic heterocycles. The molecule has 0 aliphatic heterocycles. The summed E-state index contributed by atoms with van der Waals surface area (Å²) in [6, 6.07) is 6.91. The number of aryl methyl sites for hydroxylation is 1. The van der Waals surface area contributed by atoms with Gasteiger partial charge >= 0.3 is 5.69 Å². The summed E-state index contributed by atoms with van der Waals surface area (Å²) in [5.41, 5.74) is 1.23. The van der Waals surface area contributed by atoms with Crippen LogP contribution in [0.1, 0.15) is 48.2 Å². The maximum Gasteiger partial charge on any atom is 0.329 e. The molecule has 1 aromatic carbocycles. The number of aromatic nitrogens is 3. The van der Waals surface area contributed by atoms with Crippen LogP contribution in [0.15, 0.2) is 33.9 Å². The van der Waals surface area contributed by atoms with Crippen LogP contribution in [0.25, 0.3) is 11.0 Å². The van der Waals surface area contributed by atoms with Gasteiger partial charge in [0, 0.05) is 32.3 Å². The standard InChI is InChI=1S/C22H24ClN5O3/c1-4-10-28-19-17(21(30)26-22(28)31)13(11-16(24-19)12-8-9-12)20(29)25-15-7-5-6-14(23)18(15)27(2)3/h5-7,11-12H,4,8-10H2,1-3H3,(H,25,29)(H,26,30,31). The molecule has 4 rings (SSSR count). The van der Waals surface area contributed by atoms with Gasteiger partial charge in [0.25, 0.3) is 11.5 Å². The van der Waals surface area contributed by atoms with Crippen molar-refractivity contribution >= 4 is 39.9 Å². The van der Waals surface area contributed by atoms with Gasteiger partial charge in [0.15, 0.2) is 5.65 Å². The normalized spacial score (nSPS) is 13.4. The van der Waals surface area contributed by atoms with Crippen molar-refractivity contribution in [2.75, 3.05) is 24.3 Å². The highest BCUT2D eigenvalue weighted by Crippen LogP contribution is 2.40. The predicted octanol–water partition coefficient (Wildman–Crippen LogP) is 3.34. The smallest absolute Gasteiger partial charge is 0.329 e. The van der Waals surface area contributed by atoms with E-state index in [0.29, 0.717) is 29.4 Å². The van der Waals surface area contributed by atoms with Crippen LogP contribution in [0, 0.1) is 0 Å². The molecule has 1 aliphatic rings. The molecule has 0 atom stereocenters. The number of benzene rings is 1. The van der Waals surface area contributed by atoms with Crippen molar-refractivity contribution in [2.24, 2.45) is 0 Å². The highest BCUT2D eigenvalue weighted by molar-refractivity contribution is 6.34. The summed E-state index contributed by atoms with van der Waals surface area (Å²) < 4.78 is 1.43. The molecule has 1 amide bonds. The number of hydrogen-bond donors (Lipinski definition) is 2. The molecule has 1 fully saturated rings. The van der Waals surface area contributed by atoms with E-state index in [1.807, 2.05) is 25.9 Å². The monoisotopic (exact) mass is 441 g/mol. The average Bonchev–Trinajstić information content (AvgIpc) is 3.55. The van der Waals surface area contributed by atoms with Gasteiger partial charge in [-0.1, -0.05) is 24.6 Å². The molecular weight excluding hydrogens is 418 g/mol. The summed E-state index contributed by atoms with van der Waals surface area (Å²) >= 11 is 6.33. The van der Waals surface area contributed by atoms with Gasteiger partial charge in [-0.15, -0.1) is 0 Å². The highest BCUT2D eigenvalue weighted by atomic mass is 35.5. The first-order chi connectivity index (χ1) is 14.8. The Morgan fingerprint density at radius 1 is 1.32 bits per heavy atom. The van der Waals surface area contributed by atoms with E-state index in [9.17, 15) is 14.4 Å². The lowest BCUT2D eigenvalue weighted by atomic mass is 10.1. The predicted molar refractivity (Wildman–Crippen MR) is 123 cm³/mol. The van der Waals surface area contributed by atoms with Crippen molar-refractivity contribution in [2.45, 2.75) is 38.6 Å². The van der Waals surface area contributed by atoms with E-state index in [1.165, 1.54) is 4.57 Å². The van der Waals surface area contributed by atoms with Gasteiger partial charge in [0.2, 0.25) is 0 Å². The number of aromatic amines is 1. The number of carbonyl (C=O) groups is 1. The molecule has 1 saturated carbocycles. The Morgan fingerprint density at radius 3 is 2.71 bits per heavy atom. The van der Waals surface area contributed by atoms with Crippen molar-refractivity contribution in [1.29, 1.82) is 0 Å². The minimum Gasteiger partial charge on any atom is -0.375 e. The van der Waals surface area contributed by atoms with E-state index in [-0.39, 0.29) is 22.5 Å². The summed E-state index contributed by atoms with van der Waals surface area (Å²) in [7, 11) is 3.66. The van der Waals surface area contributed by atoms with Crippen LogP contribution in [0.4, 0.5) is 11.4 Å². The third-order valence-corrected chi connectivity index (χ3v) is 5.64. The van der Waals surface area contributed by atoms with Crippen LogP contribution in [-0.2, 0) is 6.54 Å². The Balaban J connectivity index is 1.90. The number of rotatable bonds is 6. The lowest BCUT2D eigenvalue weighted by Gasteiger charge is -2.20. The van der Waals surface area contributed by atoms with Crippen molar-refractivity contribution < 1.29 is 4.79 Å². The zero-order valence-electron chi connectivity index (χ0n) is 17.7. The Kier molecular flexibility index (Phi) is 5.58. The lowest BCUT2D eigenvalue weighted by molar-refractivity contribution is 0.102. The van der Waals surface area contributed by atoms with E-state index in [2.05, 4.69) is 15.3 Å². The summed E-state index contributed by atoms with van der Waals surface area (Å²) in [5.74, 6) is -0.212. The second-order valence-corrected chi connectivity index (χ2v) is 8.37. The lowest BCUT2D eigenvalue weighted by Crippen LogP contribution is -2.32. The highest BCUT2D eigenvalue weighted by Gasteiger charge is 2.29. The third kappa shape index (κ3) is 3.95. The Labute approximate surface area is 183 Å². The summed E-state index contributed by atoms with van der Waals surface area (Å²) in [5, 5.41) is 3.50. The molecule has 0 radical (unpaired) electrons. The fourth-order valence-corrected chi connectivity index (χ4v) is 4.10. The van der Waals surface area contributed by atoms with Crippen molar-refractivity contribution in [3.63, 3.8) is 0 Å². The summed E-state index contributed by atoms with van der Waals surface area (Å²) in [4.78, 5) is 47.3. The molecule has 9 heteroatoms. The molecule has 0 unspecified atom stereocenters. The van der Waals surface area contributed by atoms with Crippen LogP contribution in [0.2, 0.25) is 5.02 Å². The molecule has 3 aromatic rings. The van der Waals surface area contributed by atoms with Gasteiger partial charge in [0.05, 0.1) is 27.3 Å². The number of H-pyrrole nitrogens is 1. The molecule has 1 aliphatic carbocycles. The molecular formula is C22H24ClN5O3. The molecule has 2 N–H and O–H groups in total. The first kappa shape index (κ1) is 21.1. The zero-order valence-corrected chi connectivity index (χ0v) is 18.4. The van der Waals surface area contributed by atoms with E-state index < -0.39 is 17.2 Å². The summed E-state index contributed by atoms with van der Waals surface area (Å²) in [6.45, 7) is 2.33. The number of nitrogens with one attached hydrogen (secondary N) is 2. The SMILES string of the molecule is CCCn1c(=O)[nH]c(=O)c2c(C(=O)Nc3cccc(Cl)c3N(C)C)cc(C3CC3)nc21. The second-order valence-electron chi connectivity index (χ2n) is 7.96. The number of hydrogen-bond acceptors (Lipinski definition) is 5. The molecule has 0 spiro atoms. The molecule has 2 heterocycles. The van der Waals surface area contributed by atoms with E-state index >= 15 is 0 Å². The fraction of sp³-hybridized carbons (Fsp3) is 0.364. The van der Waals surface area contributed by atoms with Crippen molar-refractivity contribution in [3.05, 3.63) is 61.4 Å². The van der Waals surface area contributed by atoms with Crippen LogP contribution in [0.5, 0.6) is 0 Å². The van der Waals surface area contributed by atoms with Gasteiger partial charge in [-0.3, -0.25) is 19.1 Å². The topological polar surface area (TPSA) is 100 Å². The largest absolute Gasteiger partial charge is 0.375 e. The maximum atomic E-state index is 13.4. The minimum absolute atomic E-state index is 0.114. The molecule has 0 saturated heterocycles. The van der Waals surface area contributed by atoms with Crippen molar-refractivity contribution in [1.82, 2.24) is 14.5 Å². The summed E-state index contributed by atoms with van der Waals surface area (Å²) in [6.07, 6.45) is 2.63. The van der Waals surface area contributed by atoms with Crippen LogP contribution >= 0.6 is 11.6 Å². The van der Waals surface area contributed by atoms with Crippen LogP contribution in [0.3, 0.4) is 0 Å². The van der Waals surface area contributed by atoms with E-state index in [4.69, 9.17) is 11.6 Å². The molecule has 0 bridgehead atoms. The number of anilines is 2. The molecule has 31 heavy (non-hydrogen) atoms. The minimum atomic E-state index is -0.619. The van der Waals surface area contributed by atoms with Gasteiger partial charge in [-0.2, -0.15) is 0 Å². The fourth-order valence-electron chi connectivity index (χ4n) is 3.75. The number of halogens is 1. The quantitative estimate of drug-likeness (QED) is 0.611. The van der Waals surface area contributed by atoms with Crippen LogP contribution < -0.4 is 21.5 Å². The Bertz CT molecular complexity index is 1290. The number of nitrogens with zero attached hydrogens (tertiary/aromatic N) is 3. The second kappa shape index (κ2) is 8.19. The zero-order chi connectivity index (χ0) is 22.3. The van der Waals surface area contributed by atoms with Gasteiger partial charge in [-0.25, -0.2) is 9.78 Å². The Morgan fingerprint density at radius 2 is 2.06 bits per heavy atom. The van der Waals surface area contributed by atoms with Gasteiger partial charge in [0.1, 0.15) is 0 Å². The molecule has 162 valence electrons. The number of carbonyl (C=O) groups excluding carboxylic acids is 1. The number of pyridine rings is 1.